The molecule has 1 unspecified atom stereocenters. The summed E-state index contributed by atoms with van der Waals surface area (Å²) in [4.78, 5) is 21.6. The molecule has 1 N–H and O–H groups in total. The number of hydrogen-bond acceptors (Lipinski definition) is 6. The van der Waals surface area contributed by atoms with Gasteiger partial charge in [0.1, 0.15) is 18.4 Å². The van der Waals surface area contributed by atoms with Gasteiger partial charge in [-0.05, 0) is 25.1 Å². The number of nitro groups is 1. The Morgan fingerprint density at radius 2 is 2.05 bits per heavy atom. The number of rotatable bonds is 8. The first-order chi connectivity index (χ1) is 9.58. The van der Waals surface area contributed by atoms with Crippen LogP contribution in [0.2, 0.25) is 0 Å². The van der Waals surface area contributed by atoms with Gasteiger partial charge >= 0.3 is 5.97 Å². The molecule has 0 saturated heterocycles. The fourth-order valence-electron chi connectivity index (χ4n) is 1.51. The van der Waals surface area contributed by atoms with Crippen LogP contribution in [0.3, 0.4) is 0 Å². The minimum atomic E-state index is -0.560. The highest BCUT2D eigenvalue weighted by Crippen LogP contribution is 2.17. The molecule has 1 rings (SSSR count). The van der Waals surface area contributed by atoms with Crippen LogP contribution in [0.25, 0.3) is 0 Å². The number of non-ortho nitro benzene ring substituents is 1. The van der Waals surface area contributed by atoms with Crippen LogP contribution >= 0.6 is 0 Å². The second-order valence-corrected chi connectivity index (χ2v) is 4.09. The first-order valence-electron chi connectivity index (χ1n) is 6.27. The maximum Gasteiger partial charge on any atom is 0.326 e. The Morgan fingerprint density at radius 3 is 2.55 bits per heavy atom. The van der Waals surface area contributed by atoms with Gasteiger partial charge in [-0.25, -0.2) is 0 Å². The fraction of sp³-hybridized carbons (Fsp3) is 0.462. The minimum absolute atomic E-state index is 0.00836. The zero-order valence-electron chi connectivity index (χ0n) is 11.5. The lowest BCUT2D eigenvalue weighted by molar-refractivity contribution is -0.384. The van der Waals surface area contributed by atoms with Crippen molar-refractivity contribution in [3.63, 3.8) is 0 Å². The van der Waals surface area contributed by atoms with Crippen LogP contribution in [0.5, 0.6) is 5.75 Å². The zero-order chi connectivity index (χ0) is 15.0. The molecule has 0 aliphatic rings. The molecule has 7 heteroatoms. The lowest BCUT2D eigenvalue weighted by Crippen LogP contribution is -2.42. The number of hydrogen-bond donors (Lipinski definition) is 1. The van der Waals surface area contributed by atoms with E-state index in [-0.39, 0.29) is 12.3 Å². The number of nitrogens with one attached hydrogen (secondary N) is 1. The van der Waals surface area contributed by atoms with E-state index in [4.69, 9.17) is 4.74 Å². The van der Waals surface area contributed by atoms with E-state index < -0.39 is 16.9 Å². The first kappa shape index (κ1) is 15.9. The van der Waals surface area contributed by atoms with Crippen LogP contribution in [-0.4, -0.2) is 37.2 Å². The van der Waals surface area contributed by atoms with Crippen molar-refractivity contribution in [3.8, 4) is 5.75 Å². The SMILES string of the molecule is CCCNC(COc1ccc([N+](=O)[O-])cc1)C(=O)OC. The number of carbonyl (C=O) groups excluding carboxylic acids is 1. The number of nitro benzene ring substituents is 1. The van der Waals surface area contributed by atoms with E-state index in [9.17, 15) is 14.9 Å². The van der Waals surface area contributed by atoms with Crippen LogP contribution in [0.1, 0.15) is 13.3 Å². The summed E-state index contributed by atoms with van der Waals surface area (Å²) in [7, 11) is 1.31. The number of ether oxygens (including phenoxy) is 2. The van der Waals surface area contributed by atoms with Gasteiger partial charge in [-0.2, -0.15) is 0 Å². The summed E-state index contributed by atoms with van der Waals surface area (Å²) in [6.07, 6.45) is 0.880. The second-order valence-electron chi connectivity index (χ2n) is 4.09. The lowest BCUT2D eigenvalue weighted by atomic mass is 10.3. The highest BCUT2D eigenvalue weighted by atomic mass is 16.6. The molecule has 0 radical (unpaired) electrons. The first-order valence-corrected chi connectivity index (χ1v) is 6.27. The van der Waals surface area contributed by atoms with Gasteiger partial charge in [-0.15, -0.1) is 0 Å². The van der Waals surface area contributed by atoms with Crippen LogP contribution in [0.4, 0.5) is 5.69 Å². The summed E-state index contributed by atoms with van der Waals surface area (Å²) < 4.78 is 10.1. The molecule has 20 heavy (non-hydrogen) atoms. The predicted octanol–water partition coefficient (Wildman–Crippen LogP) is 1.51. The van der Waals surface area contributed by atoms with Gasteiger partial charge in [0.25, 0.3) is 5.69 Å². The van der Waals surface area contributed by atoms with Gasteiger partial charge in [0.05, 0.1) is 12.0 Å². The predicted molar refractivity (Wildman–Crippen MR) is 72.7 cm³/mol. The molecule has 0 spiro atoms. The van der Waals surface area contributed by atoms with Crippen LogP contribution in [0, 0.1) is 10.1 Å². The highest BCUT2D eigenvalue weighted by molar-refractivity contribution is 5.75. The van der Waals surface area contributed by atoms with Crippen molar-refractivity contribution in [2.24, 2.45) is 0 Å². The summed E-state index contributed by atoms with van der Waals surface area (Å²) >= 11 is 0. The van der Waals surface area contributed by atoms with E-state index in [1.165, 1.54) is 31.4 Å². The minimum Gasteiger partial charge on any atom is -0.491 e. The summed E-state index contributed by atoms with van der Waals surface area (Å²) in [5, 5.41) is 13.5. The third-order valence-electron chi connectivity index (χ3n) is 2.59. The standard InChI is InChI=1S/C13H18N2O5/c1-3-8-14-12(13(16)19-2)9-20-11-6-4-10(5-7-11)15(17)18/h4-7,12,14H,3,8-9H2,1-2H3. The quantitative estimate of drug-likeness (QED) is 0.441. The van der Waals surface area contributed by atoms with Crippen molar-refractivity contribution in [2.45, 2.75) is 19.4 Å². The average molecular weight is 282 g/mol. The summed E-state index contributed by atoms with van der Waals surface area (Å²) in [5.74, 6) is 0.0585. The topological polar surface area (TPSA) is 90.7 Å². The fourth-order valence-corrected chi connectivity index (χ4v) is 1.51. The van der Waals surface area contributed by atoms with Gasteiger partial charge < -0.3 is 14.8 Å². The monoisotopic (exact) mass is 282 g/mol. The molecule has 0 saturated carbocycles. The molecule has 0 heterocycles. The summed E-state index contributed by atoms with van der Waals surface area (Å²) in [5.41, 5.74) is -0.00836. The Kier molecular flexibility index (Phi) is 6.45. The van der Waals surface area contributed by atoms with Crippen LogP contribution in [0.15, 0.2) is 24.3 Å². The van der Waals surface area contributed by atoms with Gasteiger partial charge in [-0.3, -0.25) is 14.9 Å². The molecular weight excluding hydrogens is 264 g/mol. The number of methoxy groups -OCH3 is 1. The number of esters is 1. The molecule has 0 bridgehead atoms. The molecule has 0 aliphatic heterocycles. The third kappa shape index (κ3) is 4.85. The van der Waals surface area contributed by atoms with Gasteiger partial charge in [0.2, 0.25) is 0 Å². The number of nitrogens with zero attached hydrogens (tertiary/aromatic N) is 1. The maximum absolute atomic E-state index is 11.5. The van der Waals surface area contributed by atoms with Gasteiger partial charge in [-0.1, -0.05) is 6.92 Å². The normalized spacial score (nSPS) is 11.7. The Morgan fingerprint density at radius 1 is 1.40 bits per heavy atom. The third-order valence-corrected chi connectivity index (χ3v) is 2.59. The highest BCUT2D eigenvalue weighted by Gasteiger charge is 2.19. The van der Waals surface area contributed by atoms with E-state index in [2.05, 4.69) is 10.1 Å². The van der Waals surface area contributed by atoms with E-state index in [0.29, 0.717) is 12.3 Å². The molecule has 0 fully saturated rings. The Hall–Kier alpha value is -2.15. The van der Waals surface area contributed by atoms with Crippen molar-refractivity contribution in [1.82, 2.24) is 5.32 Å². The smallest absolute Gasteiger partial charge is 0.326 e. The molecule has 110 valence electrons. The van der Waals surface area contributed by atoms with Gasteiger partial charge in [0.15, 0.2) is 0 Å². The van der Waals surface area contributed by atoms with Crippen molar-refractivity contribution in [2.75, 3.05) is 20.3 Å². The van der Waals surface area contributed by atoms with Crippen molar-refractivity contribution in [1.29, 1.82) is 0 Å². The van der Waals surface area contributed by atoms with Crippen LogP contribution in [-0.2, 0) is 9.53 Å². The van der Waals surface area contributed by atoms with Crippen LogP contribution < -0.4 is 10.1 Å². The van der Waals surface area contributed by atoms with Crippen molar-refractivity contribution in [3.05, 3.63) is 34.4 Å². The summed E-state index contributed by atoms with van der Waals surface area (Å²) in [6.45, 7) is 2.76. The van der Waals surface area contributed by atoms with E-state index in [1.807, 2.05) is 6.92 Å². The second kappa shape index (κ2) is 8.11. The van der Waals surface area contributed by atoms with Gasteiger partial charge in [0, 0.05) is 12.1 Å². The Labute approximate surface area is 117 Å². The molecule has 1 atom stereocenters. The molecule has 0 amide bonds. The molecule has 0 aliphatic carbocycles. The molecular formula is C13H18N2O5. The lowest BCUT2D eigenvalue weighted by Gasteiger charge is -2.16. The molecule has 1 aromatic rings. The Bertz CT molecular complexity index is 447. The van der Waals surface area contributed by atoms with Crippen molar-refractivity contribution < 1.29 is 19.2 Å². The molecule has 0 aromatic heterocycles. The number of carbonyl (C=O) groups is 1. The number of benzene rings is 1. The maximum atomic E-state index is 11.5. The Balaban J connectivity index is 2.57. The zero-order valence-corrected chi connectivity index (χ0v) is 11.5. The molecule has 1 aromatic carbocycles. The average Bonchev–Trinajstić information content (AvgIpc) is 2.47. The summed E-state index contributed by atoms with van der Waals surface area (Å²) in [6, 6.07) is 5.12. The van der Waals surface area contributed by atoms with E-state index in [0.717, 1.165) is 6.42 Å². The largest absolute Gasteiger partial charge is 0.491 e. The van der Waals surface area contributed by atoms with Crippen molar-refractivity contribution >= 4 is 11.7 Å². The van der Waals surface area contributed by atoms with E-state index >= 15 is 0 Å². The molecule has 7 nitrogen and oxygen atoms in total. The van der Waals surface area contributed by atoms with E-state index in [1.54, 1.807) is 0 Å².